The monoisotopic (exact) mass is 502 g/mol. The molecule has 0 saturated carbocycles. The van der Waals surface area contributed by atoms with Crippen LogP contribution in [0.2, 0.25) is 0 Å². The predicted octanol–water partition coefficient (Wildman–Crippen LogP) is 2.76. The Morgan fingerprint density at radius 3 is 1.39 bits per heavy atom. The van der Waals surface area contributed by atoms with Crippen LogP contribution in [0.25, 0.3) is 0 Å². The highest BCUT2D eigenvalue weighted by atomic mass is 16.4. The average molecular weight is 503 g/mol. The van der Waals surface area contributed by atoms with Gasteiger partial charge in [-0.1, -0.05) is 42.3 Å². The maximum absolute atomic E-state index is 11.2. The lowest BCUT2D eigenvalue weighted by Gasteiger charge is -2.34. The van der Waals surface area contributed by atoms with Gasteiger partial charge in [0, 0.05) is 0 Å². The van der Waals surface area contributed by atoms with Crippen LogP contribution < -0.4 is 0 Å². The molecular formula is C30H46O6. The van der Waals surface area contributed by atoms with Gasteiger partial charge in [0.1, 0.15) is 24.4 Å². The van der Waals surface area contributed by atoms with Crippen molar-refractivity contribution in [1.29, 1.82) is 0 Å². The zero-order chi connectivity index (χ0) is 27.3. The number of aryl methyl sites for hydroxylation is 6. The number of aliphatic hydroxyl groups excluding tert-OH is 6. The van der Waals surface area contributed by atoms with E-state index in [0.717, 1.165) is 28.7 Å². The van der Waals surface area contributed by atoms with E-state index in [2.05, 4.69) is 52.0 Å². The molecule has 0 spiro atoms. The summed E-state index contributed by atoms with van der Waals surface area (Å²) in [5.41, 5.74) is 9.43. The van der Waals surface area contributed by atoms with E-state index in [1.807, 2.05) is 20.8 Å². The molecule has 0 heterocycles. The molecule has 0 fully saturated rings. The standard InChI is InChI=1S/C30H46O6/c1-16-8-19(4)24(20(5)9-16)13-18(3)12-23(14-25-21(6)10-17(2)11-22(25)7)27(33)29(35)30(36)28(34)26(32)15-31/h8-11,18,23,26-36H,12-15H2,1-7H3/t18?,23?,26-,27?,28+,29+,30-/m0/s1. The largest absolute Gasteiger partial charge is 0.394 e. The summed E-state index contributed by atoms with van der Waals surface area (Å²) in [6.45, 7) is 13.8. The molecule has 2 rings (SSSR count). The van der Waals surface area contributed by atoms with Gasteiger partial charge in [0.05, 0.1) is 12.7 Å². The summed E-state index contributed by atoms with van der Waals surface area (Å²) in [5, 5.41) is 61.5. The molecule has 6 N–H and O–H groups in total. The fourth-order valence-corrected chi connectivity index (χ4v) is 5.64. The molecule has 0 amide bonds. The maximum Gasteiger partial charge on any atom is 0.111 e. The third-order valence-corrected chi connectivity index (χ3v) is 7.52. The van der Waals surface area contributed by atoms with Crippen LogP contribution in [0, 0.1) is 53.4 Å². The van der Waals surface area contributed by atoms with Gasteiger partial charge in [0.15, 0.2) is 0 Å². The number of hydrogen-bond acceptors (Lipinski definition) is 6. The van der Waals surface area contributed by atoms with E-state index in [0.29, 0.717) is 12.8 Å². The number of hydrogen-bond donors (Lipinski definition) is 6. The van der Waals surface area contributed by atoms with Gasteiger partial charge in [0.25, 0.3) is 0 Å². The van der Waals surface area contributed by atoms with Crippen molar-refractivity contribution in [2.24, 2.45) is 11.8 Å². The first kappa shape index (κ1) is 30.4. The van der Waals surface area contributed by atoms with Crippen molar-refractivity contribution in [1.82, 2.24) is 0 Å². The molecule has 2 aromatic rings. The molecule has 7 atom stereocenters. The summed E-state index contributed by atoms with van der Waals surface area (Å²) in [6.07, 6.45) is -6.33. The third kappa shape index (κ3) is 7.60. The second-order valence-electron chi connectivity index (χ2n) is 11.0. The Kier molecular flexibility index (Phi) is 11.1. The van der Waals surface area contributed by atoms with Crippen LogP contribution in [-0.2, 0) is 12.8 Å². The zero-order valence-electron chi connectivity index (χ0n) is 22.9. The minimum atomic E-state index is -1.80. The third-order valence-electron chi connectivity index (χ3n) is 7.52. The Bertz CT molecular complexity index is 957. The second kappa shape index (κ2) is 13.1. The highest BCUT2D eigenvalue weighted by molar-refractivity contribution is 5.39. The molecule has 0 saturated heterocycles. The second-order valence-corrected chi connectivity index (χ2v) is 11.0. The van der Waals surface area contributed by atoms with Crippen molar-refractivity contribution in [2.75, 3.05) is 6.61 Å². The van der Waals surface area contributed by atoms with E-state index in [-0.39, 0.29) is 5.92 Å². The summed E-state index contributed by atoms with van der Waals surface area (Å²) in [4.78, 5) is 0. The summed E-state index contributed by atoms with van der Waals surface area (Å²) < 4.78 is 0. The summed E-state index contributed by atoms with van der Waals surface area (Å²) in [7, 11) is 0. The van der Waals surface area contributed by atoms with Gasteiger partial charge in [-0.2, -0.15) is 0 Å². The lowest BCUT2D eigenvalue weighted by Crippen LogP contribution is -2.52. The Hall–Kier alpha value is -1.80. The summed E-state index contributed by atoms with van der Waals surface area (Å²) in [5.74, 6) is -0.234. The SMILES string of the molecule is Cc1cc(C)c(CC(C)CC(Cc2c(C)cc(C)cc2C)C(O)[C@@H](O)[C@@H](O)[C@H](O)[C@@H](O)CO)c(C)c1. The van der Waals surface area contributed by atoms with Crippen LogP contribution in [0.1, 0.15) is 57.9 Å². The zero-order valence-corrected chi connectivity index (χ0v) is 22.9. The van der Waals surface area contributed by atoms with E-state index in [9.17, 15) is 25.5 Å². The molecule has 202 valence electrons. The molecule has 0 radical (unpaired) electrons. The van der Waals surface area contributed by atoms with Crippen molar-refractivity contribution in [2.45, 2.75) is 98.2 Å². The van der Waals surface area contributed by atoms with E-state index in [4.69, 9.17) is 5.11 Å². The molecule has 2 aromatic carbocycles. The molecule has 6 heteroatoms. The lowest BCUT2D eigenvalue weighted by atomic mass is 9.78. The highest BCUT2D eigenvalue weighted by Gasteiger charge is 2.38. The van der Waals surface area contributed by atoms with Crippen molar-refractivity contribution < 1.29 is 30.6 Å². The van der Waals surface area contributed by atoms with Gasteiger partial charge < -0.3 is 30.6 Å². The quantitative estimate of drug-likeness (QED) is 0.265. The summed E-state index contributed by atoms with van der Waals surface area (Å²) in [6, 6.07) is 8.55. The minimum Gasteiger partial charge on any atom is -0.394 e. The van der Waals surface area contributed by atoms with Crippen molar-refractivity contribution >= 4 is 0 Å². The minimum absolute atomic E-state index is 0.174. The molecule has 36 heavy (non-hydrogen) atoms. The van der Waals surface area contributed by atoms with Gasteiger partial charge in [-0.25, -0.2) is 0 Å². The first-order valence-electron chi connectivity index (χ1n) is 12.9. The fraction of sp³-hybridized carbons (Fsp3) is 0.600. The molecule has 6 nitrogen and oxygen atoms in total. The van der Waals surface area contributed by atoms with Crippen LogP contribution in [0.5, 0.6) is 0 Å². The lowest BCUT2D eigenvalue weighted by molar-refractivity contribution is -0.149. The van der Waals surface area contributed by atoms with Gasteiger partial charge >= 0.3 is 0 Å². The van der Waals surface area contributed by atoms with E-state index < -0.39 is 43.0 Å². The van der Waals surface area contributed by atoms with Crippen LogP contribution in [0.15, 0.2) is 24.3 Å². The molecule has 0 aromatic heterocycles. The van der Waals surface area contributed by atoms with Gasteiger partial charge in [-0.05, 0) is 106 Å². The molecular weight excluding hydrogens is 456 g/mol. The molecule has 0 aliphatic heterocycles. The van der Waals surface area contributed by atoms with Crippen LogP contribution >= 0.6 is 0 Å². The van der Waals surface area contributed by atoms with Gasteiger partial charge in [0.2, 0.25) is 0 Å². The van der Waals surface area contributed by atoms with E-state index >= 15 is 0 Å². The number of benzene rings is 2. The maximum atomic E-state index is 11.2. The molecule has 0 aliphatic rings. The molecule has 0 aliphatic carbocycles. The smallest absolute Gasteiger partial charge is 0.111 e. The summed E-state index contributed by atoms with van der Waals surface area (Å²) >= 11 is 0. The van der Waals surface area contributed by atoms with Crippen LogP contribution in [-0.4, -0.2) is 67.8 Å². The van der Waals surface area contributed by atoms with E-state index in [1.165, 1.54) is 22.3 Å². The average Bonchev–Trinajstić information content (AvgIpc) is 2.80. The number of rotatable bonds is 12. The fourth-order valence-electron chi connectivity index (χ4n) is 5.64. The normalized spacial score (nSPS) is 17.8. The number of aliphatic hydroxyl groups is 6. The Morgan fingerprint density at radius 1 is 0.583 bits per heavy atom. The highest BCUT2D eigenvalue weighted by Crippen LogP contribution is 2.30. The Labute approximate surface area is 216 Å². The van der Waals surface area contributed by atoms with Crippen LogP contribution in [0.4, 0.5) is 0 Å². The van der Waals surface area contributed by atoms with Gasteiger partial charge in [-0.15, -0.1) is 0 Å². The Balaban J connectivity index is 2.34. The molecule has 3 unspecified atom stereocenters. The first-order valence-corrected chi connectivity index (χ1v) is 12.9. The first-order chi connectivity index (χ1) is 16.8. The van der Waals surface area contributed by atoms with Crippen molar-refractivity contribution in [3.63, 3.8) is 0 Å². The topological polar surface area (TPSA) is 121 Å². The van der Waals surface area contributed by atoms with Crippen molar-refractivity contribution in [3.8, 4) is 0 Å². The van der Waals surface area contributed by atoms with Crippen LogP contribution in [0.3, 0.4) is 0 Å². The Morgan fingerprint density at radius 2 is 0.972 bits per heavy atom. The van der Waals surface area contributed by atoms with Crippen molar-refractivity contribution in [3.05, 3.63) is 68.8 Å². The molecule has 0 bridgehead atoms. The van der Waals surface area contributed by atoms with E-state index in [1.54, 1.807) is 0 Å². The predicted molar refractivity (Wildman–Crippen MR) is 143 cm³/mol. The van der Waals surface area contributed by atoms with Gasteiger partial charge in [-0.3, -0.25) is 0 Å².